The Bertz CT molecular complexity index is 4490. The standard InChI is InChI=1S/C70H50N2O8S2/c1-47-17-35-59(36-18-47)81(73,74)61-39-31-57(32-40-61)79-67-43-23-52(45-63(67)48-11-5-3-6-12-48)53-24-44-68(64(46-53)49-13-7-4-8-14-49)80-58-33-41-62(42-34-58)82(75,76)60-37-29-56(30-38-60)78-55-27-21-51(22-28-55)70-69(50-19-25-54(77-2)26-20-50)71-65-15-9-10-16-66(65)72-70/h3-46H,1-2H3. The van der Waals surface area contributed by atoms with Gasteiger partial charge in [0.1, 0.15) is 40.2 Å². The molecule has 11 aromatic carbocycles. The van der Waals surface area contributed by atoms with Crippen LogP contribution in [0.4, 0.5) is 0 Å². The van der Waals surface area contributed by atoms with Gasteiger partial charge in [-0.15, -0.1) is 0 Å². The average Bonchev–Trinajstić information content (AvgIpc) is 3.60. The number of aromatic nitrogens is 2. The number of hydrogen-bond acceptors (Lipinski definition) is 10. The fourth-order valence-electron chi connectivity index (χ4n) is 9.56. The van der Waals surface area contributed by atoms with Crippen molar-refractivity contribution in [3.05, 3.63) is 272 Å². The Balaban J connectivity index is 0.752. The molecule has 12 rings (SSSR count). The van der Waals surface area contributed by atoms with Crippen LogP contribution in [-0.4, -0.2) is 33.9 Å². The van der Waals surface area contributed by atoms with Crippen molar-refractivity contribution < 1.29 is 35.8 Å². The second-order valence-corrected chi connectivity index (χ2v) is 23.3. The molecular formula is C70H50N2O8S2. The lowest BCUT2D eigenvalue weighted by molar-refractivity contribution is 0.415. The second kappa shape index (κ2) is 22.5. The van der Waals surface area contributed by atoms with Gasteiger partial charge in [-0.1, -0.05) is 103 Å². The summed E-state index contributed by atoms with van der Waals surface area (Å²) in [7, 11) is -5.99. The predicted octanol–water partition coefficient (Wildman–Crippen LogP) is 17.3. The van der Waals surface area contributed by atoms with Crippen LogP contribution < -0.4 is 18.9 Å². The summed E-state index contributed by atoms with van der Waals surface area (Å²) in [5.41, 5.74) is 11.1. The molecule has 0 saturated carbocycles. The Morgan fingerprint density at radius 1 is 0.305 bits per heavy atom. The van der Waals surface area contributed by atoms with Crippen LogP contribution >= 0.6 is 0 Å². The molecule has 0 bridgehead atoms. The molecule has 82 heavy (non-hydrogen) atoms. The highest BCUT2D eigenvalue weighted by atomic mass is 32.2. The minimum absolute atomic E-state index is 0.109. The van der Waals surface area contributed by atoms with Gasteiger partial charge in [0.25, 0.3) is 0 Å². The molecule has 1 heterocycles. The predicted molar refractivity (Wildman–Crippen MR) is 321 cm³/mol. The summed E-state index contributed by atoms with van der Waals surface area (Å²) < 4.78 is 79.4. The van der Waals surface area contributed by atoms with Crippen molar-refractivity contribution in [3.63, 3.8) is 0 Å². The number of benzene rings is 11. The first-order valence-electron chi connectivity index (χ1n) is 26.3. The van der Waals surface area contributed by atoms with Crippen LogP contribution in [0.25, 0.3) is 66.9 Å². The summed E-state index contributed by atoms with van der Waals surface area (Å²) in [4.78, 5) is 10.6. The zero-order valence-electron chi connectivity index (χ0n) is 44.4. The summed E-state index contributed by atoms with van der Waals surface area (Å²) in [6, 6.07) is 80.9. The zero-order chi connectivity index (χ0) is 56.2. The Labute approximate surface area is 476 Å². The van der Waals surface area contributed by atoms with Gasteiger partial charge in [0.2, 0.25) is 19.7 Å². The van der Waals surface area contributed by atoms with Crippen LogP contribution in [0.3, 0.4) is 0 Å². The smallest absolute Gasteiger partial charge is 0.206 e. The Morgan fingerprint density at radius 3 is 1.00 bits per heavy atom. The molecule has 1 aromatic heterocycles. The molecule has 400 valence electrons. The van der Waals surface area contributed by atoms with E-state index in [4.69, 9.17) is 28.9 Å². The van der Waals surface area contributed by atoms with E-state index in [1.165, 1.54) is 12.1 Å². The van der Waals surface area contributed by atoms with Crippen LogP contribution in [0.2, 0.25) is 0 Å². The topological polar surface area (TPSA) is 131 Å². The number of sulfone groups is 2. The van der Waals surface area contributed by atoms with Crippen LogP contribution in [0.5, 0.6) is 40.2 Å². The first-order chi connectivity index (χ1) is 39.9. The van der Waals surface area contributed by atoms with Crippen molar-refractivity contribution >= 4 is 30.7 Å². The molecule has 0 aliphatic carbocycles. The van der Waals surface area contributed by atoms with Gasteiger partial charge in [-0.05, 0) is 199 Å². The van der Waals surface area contributed by atoms with Crippen LogP contribution in [0.1, 0.15) is 5.56 Å². The summed E-state index contributed by atoms with van der Waals surface area (Å²) >= 11 is 0. The molecule has 10 nitrogen and oxygen atoms in total. The summed E-state index contributed by atoms with van der Waals surface area (Å²) in [5.74, 6) is 3.89. The summed E-state index contributed by atoms with van der Waals surface area (Å²) in [6.45, 7) is 1.92. The average molecular weight is 1110 g/mol. The van der Waals surface area contributed by atoms with E-state index in [1.807, 2.05) is 165 Å². The number of hydrogen-bond donors (Lipinski definition) is 0. The summed E-state index contributed by atoms with van der Waals surface area (Å²) in [6.07, 6.45) is 0. The van der Waals surface area contributed by atoms with Gasteiger partial charge in [-0.3, -0.25) is 0 Å². The maximum Gasteiger partial charge on any atom is 0.206 e. The first-order valence-corrected chi connectivity index (χ1v) is 29.2. The van der Waals surface area contributed by atoms with Crippen molar-refractivity contribution in [2.75, 3.05) is 7.11 Å². The van der Waals surface area contributed by atoms with E-state index in [0.717, 1.165) is 78.2 Å². The number of fused-ring (bicyclic) bond motifs is 1. The minimum Gasteiger partial charge on any atom is -0.497 e. The third-order valence-electron chi connectivity index (χ3n) is 13.9. The van der Waals surface area contributed by atoms with Gasteiger partial charge < -0.3 is 18.9 Å². The number of aryl methyl sites for hydroxylation is 1. The molecule has 0 N–H and O–H groups in total. The van der Waals surface area contributed by atoms with Crippen LogP contribution in [-0.2, 0) is 19.7 Å². The van der Waals surface area contributed by atoms with E-state index >= 15 is 0 Å². The molecule has 0 spiro atoms. The molecule has 0 radical (unpaired) electrons. The van der Waals surface area contributed by atoms with E-state index in [-0.39, 0.29) is 19.6 Å². The first kappa shape index (κ1) is 52.6. The molecule has 0 saturated heterocycles. The van der Waals surface area contributed by atoms with E-state index in [0.29, 0.717) is 34.5 Å². The zero-order valence-corrected chi connectivity index (χ0v) is 46.0. The quantitative estimate of drug-likeness (QED) is 0.0921. The van der Waals surface area contributed by atoms with E-state index in [1.54, 1.807) is 92.0 Å². The largest absolute Gasteiger partial charge is 0.497 e. The Kier molecular flexibility index (Phi) is 14.4. The molecule has 12 aromatic rings. The Hall–Kier alpha value is -10.1. The van der Waals surface area contributed by atoms with E-state index < -0.39 is 19.7 Å². The van der Waals surface area contributed by atoms with E-state index in [2.05, 4.69) is 12.1 Å². The highest BCUT2D eigenvalue weighted by molar-refractivity contribution is 7.91. The molecule has 0 amide bonds. The maximum atomic E-state index is 14.0. The number of ether oxygens (including phenoxy) is 4. The number of nitrogens with zero attached hydrogens (tertiary/aromatic N) is 2. The van der Waals surface area contributed by atoms with E-state index in [9.17, 15) is 16.8 Å². The fourth-order valence-corrected chi connectivity index (χ4v) is 12.1. The fraction of sp³-hybridized carbons (Fsp3) is 0.0286. The van der Waals surface area contributed by atoms with Crippen molar-refractivity contribution in [3.8, 4) is 96.1 Å². The van der Waals surface area contributed by atoms with Gasteiger partial charge >= 0.3 is 0 Å². The SMILES string of the molecule is COc1ccc(-c2nc3ccccc3nc2-c2ccc(Oc3ccc(S(=O)(=O)c4ccc(Oc5ccc(-c6ccc(Oc7ccc(S(=O)(=O)c8ccc(C)cc8)cc7)c(-c7ccccc7)c6)cc5-c5ccccc5)cc4)cc3)cc2)cc1. The molecular weight excluding hydrogens is 1060 g/mol. The van der Waals surface area contributed by atoms with Crippen LogP contribution in [0.15, 0.2) is 287 Å². The monoisotopic (exact) mass is 1110 g/mol. The third-order valence-corrected chi connectivity index (χ3v) is 17.5. The maximum absolute atomic E-state index is 14.0. The normalized spacial score (nSPS) is 11.5. The van der Waals surface area contributed by atoms with Gasteiger partial charge in [0.15, 0.2) is 0 Å². The molecule has 0 fully saturated rings. The lowest BCUT2D eigenvalue weighted by Crippen LogP contribution is -2.02. The molecule has 0 unspecified atom stereocenters. The lowest BCUT2D eigenvalue weighted by atomic mass is 9.95. The third kappa shape index (κ3) is 11.1. The van der Waals surface area contributed by atoms with Gasteiger partial charge in [-0.2, -0.15) is 0 Å². The molecule has 12 heteroatoms. The van der Waals surface area contributed by atoms with Gasteiger partial charge in [0, 0.05) is 22.3 Å². The lowest BCUT2D eigenvalue weighted by Gasteiger charge is -2.16. The summed E-state index contributed by atoms with van der Waals surface area (Å²) in [5, 5.41) is 0. The Morgan fingerprint density at radius 2 is 0.622 bits per heavy atom. The number of rotatable bonds is 16. The second-order valence-electron chi connectivity index (χ2n) is 19.4. The highest BCUT2D eigenvalue weighted by Gasteiger charge is 2.21. The number of para-hydroxylation sites is 2. The van der Waals surface area contributed by atoms with Crippen molar-refractivity contribution in [2.24, 2.45) is 0 Å². The minimum atomic E-state index is -3.91. The van der Waals surface area contributed by atoms with Gasteiger partial charge in [-0.25, -0.2) is 26.8 Å². The molecule has 0 aliphatic rings. The van der Waals surface area contributed by atoms with Crippen LogP contribution in [0, 0.1) is 6.92 Å². The van der Waals surface area contributed by atoms with Gasteiger partial charge in [0.05, 0.1) is 49.1 Å². The molecule has 0 aliphatic heterocycles. The van der Waals surface area contributed by atoms with Crippen molar-refractivity contribution in [2.45, 2.75) is 26.5 Å². The molecule has 0 atom stereocenters. The van der Waals surface area contributed by atoms with Crippen molar-refractivity contribution in [1.82, 2.24) is 9.97 Å². The van der Waals surface area contributed by atoms with Crippen molar-refractivity contribution in [1.29, 1.82) is 0 Å². The highest BCUT2D eigenvalue weighted by Crippen LogP contribution is 2.42. The number of methoxy groups -OCH3 is 1.